The molecule has 2 N–H and O–H groups in total. The fourth-order valence-electron chi connectivity index (χ4n) is 3.64. The minimum atomic E-state index is -1.13. The predicted octanol–water partition coefficient (Wildman–Crippen LogP) is 4.09. The van der Waals surface area contributed by atoms with Gasteiger partial charge in [0, 0.05) is 16.4 Å². The summed E-state index contributed by atoms with van der Waals surface area (Å²) in [7, 11) is 0. The molecule has 2 heterocycles. The summed E-state index contributed by atoms with van der Waals surface area (Å²) in [5.74, 6) is -0.145. The first kappa shape index (κ1) is 20.4. The van der Waals surface area contributed by atoms with E-state index in [1.807, 2.05) is 48.5 Å². The second kappa shape index (κ2) is 8.22. The summed E-state index contributed by atoms with van der Waals surface area (Å²) in [5, 5.41) is 11.7. The minimum Gasteiger partial charge on any atom is -0.319 e. The van der Waals surface area contributed by atoms with Crippen LogP contribution in [0.1, 0.15) is 0 Å². The molecule has 9 heteroatoms. The second-order valence-corrected chi connectivity index (χ2v) is 8.73. The van der Waals surface area contributed by atoms with Crippen molar-refractivity contribution < 1.29 is 9.59 Å². The third-order valence-electron chi connectivity index (χ3n) is 5.02. The molecule has 1 saturated heterocycles. The Hall–Kier alpha value is -3.49. The van der Waals surface area contributed by atoms with Crippen molar-refractivity contribution in [1.82, 2.24) is 5.32 Å². The molecule has 1 atom stereocenters. The standard InChI is InChI=1S/C23H18ClN5O2S/c24-16-11-13-19(14-12-16)29-23(26-20(30)15-32-23)28(18-9-5-2-6-10-18)21(27-29)22(31)25-17-7-3-1-4-8-17/h1-14H,15H2,(H,25,31)(H,26,30). The SMILES string of the molecule is O=C1CSC2(N1)N(c1ccc(Cl)cc1)N=C(C(=O)Nc1ccccc1)N2c1ccccc1. The van der Waals surface area contributed by atoms with Crippen molar-refractivity contribution in [3.63, 3.8) is 0 Å². The first-order chi connectivity index (χ1) is 15.6. The van der Waals surface area contributed by atoms with E-state index in [2.05, 4.69) is 10.6 Å². The zero-order chi connectivity index (χ0) is 22.1. The van der Waals surface area contributed by atoms with Gasteiger partial charge in [0.05, 0.1) is 11.4 Å². The van der Waals surface area contributed by atoms with E-state index >= 15 is 0 Å². The number of amidine groups is 1. The van der Waals surface area contributed by atoms with Gasteiger partial charge in [-0.1, -0.05) is 59.8 Å². The molecule has 32 heavy (non-hydrogen) atoms. The molecule has 0 saturated carbocycles. The number of carbonyl (C=O) groups is 2. The molecule has 5 rings (SSSR count). The van der Waals surface area contributed by atoms with Crippen LogP contribution in [0.15, 0.2) is 90.0 Å². The molecular weight excluding hydrogens is 446 g/mol. The zero-order valence-electron chi connectivity index (χ0n) is 16.7. The molecule has 2 aliphatic rings. The van der Waals surface area contributed by atoms with Gasteiger partial charge in [0.1, 0.15) is 0 Å². The van der Waals surface area contributed by atoms with Crippen molar-refractivity contribution in [2.24, 2.45) is 5.10 Å². The van der Waals surface area contributed by atoms with Crippen LogP contribution in [-0.2, 0) is 9.59 Å². The van der Waals surface area contributed by atoms with Gasteiger partial charge >= 0.3 is 0 Å². The summed E-state index contributed by atoms with van der Waals surface area (Å²) in [6.07, 6.45) is 0. The van der Waals surface area contributed by atoms with Crippen molar-refractivity contribution in [1.29, 1.82) is 0 Å². The molecule has 3 aromatic carbocycles. The molecule has 2 amide bonds. The molecule has 1 fully saturated rings. The van der Waals surface area contributed by atoms with Gasteiger partial charge in [-0.2, -0.15) is 0 Å². The van der Waals surface area contributed by atoms with E-state index in [0.717, 1.165) is 5.69 Å². The highest BCUT2D eigenvalue weighted by molar-refractivity contribution is 8.02. The summed E-state index contributed by atoms with van der Waals surface area (Å²) in [5.41, 5.74) is 2.06. The van der Waals surface area contributed by atoms with Gasteiger partial charge in [0.25, 0.3) is 11.0 Å². The molecule has 0 aliphatic carbocycles. The van der Waals surface area contributed by atoms with E-state index in [4.69, 9.17) is 16.7 Å². The number of nitrogens with one attached hydrogen (secondary N) is 2. The van der Waals surface area contributed by atoms with E-state index in [0.29, 0.717) is 16.4 Å². The third-order valence-corrected chi connectivity index (χ3v) is 6.54. The Kier molecular flexibility index (Phi) is 5.24. The number of nitrogens with zero attached hydrogens (tertiary/aromatic N) is 3. The largest absolute Gasteiger partial charge is 0.319 e. The Bertz CT molecular complexity index is 1190. The van der Waals surface area contributed by atoms with Crippen LogP contribution in [0.2, 0.25) is 5.02 Å². The van der Waals surface area contributed by atoms with Gasteiger partial charge in [-0.25, -0.2) is 5.01 Å². The van der Waals surface area contributed by atoms with Crippen molar-refractivity contribution in [2.75, 3.05) is 21.0 Å². The number of amides is 2. The highest BCUT2D eigenvalue weighted by Gasteiger charge is 2.57. The molecule has 3 aromatic rings. The van der Waals surface area contributed by atoms with Crippen LogP contribution in [0.4, 0.5) is 17.1 Å². The Labute approximate surface area is 194 Å². The van der Waals surface area contributed by atoms with Gasteiger partial charge in [-0.05, 0) is 48.5 Å². The maximum Gasteiger partial charge on any atom is 0.293 e. The second-order valence-electron chi connectivity index (χ2n) is 7.15. The van der Waals surface area contributed by atoms with E-state index in [-0.39, 0.29) is 17.5 Å². The van der Waals surface area contributed by atoms with Gasteiger partial charge in [-0.3, -0.25) is 14.5 Å². The molecular formula is C23H18ClN5O2S. The van der Waals surface area contributed by atoms with Crippen molar-refractivity contribution in [3.05, 3.63) is 90.0 Å². The molecule has 1 spiro atoms. The quantitative estimate of drug-likeness (QED) is 0.609. The summed E-state index contributed by atoms with van der Waals surface area (Å²) >= 11 is 7.44. The fourth-order valence-corrected chi connectivity index (χ4v) is 4.95. The van der Waals surface area contributed by atoms with Crippen LogP contribution in [0, 0.1) is 0 Å². The Balaban J connectivity index is 1.63. The van der Waals surface area contributed by atoms with Crippen molar-refractivity contribution >= 4 is 58.1 Å². The van der Waals surface area contributed by atoms with Crippen LogP contribution in [0.5, 0.6) is 0 Å². The lowest BCUT2D eigenvalue weighted by atomic mass is 10.2. The molecule has 1 unspecified atom stereocenters. The first-order valence-electron chi connectivity index (χ1n) is 9.88. The van der Waals surface area contributed by atoms with Crippen LogP contribution in [-0.4, -0.2) is 28.5 Å². The number of carbonyl (C=O) groups excluding carboxylic acids is 2. The number of halogens is 1. The lowest BCUT2D eigenvalue weighted by Gasteiger charge is -2.39. The van der Waals surface area contributed by atoms with Gasteiger partial charge in [0.2, 0.25) is 11.7 Å². The third kappa shape index (κ3) is 3.57. The number of thioether (sulfide) groups is 1. The summed E-state index contributed by atoms with van der Waals surface area (Å²) < 4.78 is 0. The van der Waals surface area contributed by atoms with Crippen LogP contribution < -0.4 is 20.5 Å². The number of anilines is 3. The highest BCUT2D eigenvalue weighted by Crippen LogP contribution is 2.45. The van der Waals surface area contributed by atoms with Gasteiger partial charge < -0.3 is 10.6 Å². The summed E-state index contributed by atoms with van der Waals surface area (Å²) in [4.78, 5) is 27.6. The number of benzene rings is 3. The fraction of sp³-hybridized carbons (Fsp3) is 0.0870. The highest BCUT2D eigenvalue weighted by atomic mass is 35.5. The average Bonchev–Trinajstić information content (AvgIpc) is 3.36. The number of rotatable bonds is 4. The smallest absolute Gasteiger partial charge is 0.293 e. The molecule has 160 valence electrons. The maximum atomic E-state index is 13.4. The Morgan fingerprint density at radius 2 is 1.62 bits per heavy atom. The molecule has 7 nitrogen and oxygen atoms in total. The average molecular weight is 464 g/mol. The van der Waals surface area contributed by atoms with Crippen molar-refractivity contribution in [2.45, 2.75) is 5.12 Å². The van der Waals surface area contributed by atoms with Crippen molar-refractivity contribution in [3.8, 4) is 0 Å². The van der Waals surface area contributed by atoms with Gasteiger partial charge in [0.15, 0.2) is 0 Å². The normalized spacial score (nSPS) is 19.8. The Morgan fingerprint density at radius 3 is 2.25 bits per heavy atom. The predicted molar refractivity (Wildman–Crippen MR) is 129 cm³/mol. The molecule has 0 bridgehead atoms. The van der Waals surface area contributed by atoms with E-state index in [1.165, 1.54) is 11.8 Å². The van der Waals surface area contributed by atoms with Crippen LogP contribution in [0.25, 0.3) is 0 Å². The van der Waals surface area contributed by atoms with E-state index in [1.54, 1.807) is 46.3 Å². The van der Waals surface area contributed by atoms with Crippen LogP contribution in [0.3, 0.4) is 0 Å². The topological polar surface area (TPSA) is 77.0 Å². The lowest BCUT2D eigenvalue weighted by molar-refractivity contribution is -0.118. The van der Waals surface area contributed by atoms with Crippen LogP contribution >= 0.6 is 23.4 Å². The van der Waals surface area contributed by atoms with Gasteiger partial charge in [-0.15, -0.1) is 5.10 Å². The number of para-hydroxylation sites is 2. The molecule has 0 radical (unpaired) electrons. The number of hydrazone groups is 1. The summed E-state index contributed by atoms with van der Waals surface area (Å²) in [6.45, 7) is 0. The van der Waals surface area contributed by atoms with E-state index < -0.39 is 11.0 Å². The number of hydrogen-bond acceptors (Lipinski definition) is 6. The lowest BCUT2D eigenvalue weighted by Crippen LogP contribution is -2.62. The Morgan fingerprint density at radius 1 is 0.969 bits per heavy atom. The maximum absolute atomic E-state index is 13.4. The zero-order valence-corrected chi connectivity index (χ0v) is 18.3. The minimum absolute atomic E-state index is 0.144. The molecule has 0 aromatic heterocycles. The van der Waals surface area contributed by atoms with E-state index in [9.17, 15) is 9.59 Å². The first-order valence-corrected chi connectivity index (χ1v) is 11.2. The monoisotopic (exact) mass is 463 g/mol. The number of hydrogen-bond donors (Lipinski definition) is 2. The molecule has 2 aliphatic heterocycles. The summed E-state index contributed by atoms with van der Waals surface area (Å²) in [6, 6.07) is 25.7.